The van der Waals surface area contributed by atoms with Crippen LogP contribution in [0.4, 0.5) is 27.8 Å². The van der Waals surface area contributed by atoms with Crippen LogP contribution in [0, 0.1) is 0 Å². The number of piperidine rings is 1. The Hall–Kier alpha value is -3.40. The van der Waals surface area contributed by atoms with Crippen molar-refractivity contribution in [2.75, 3.05) is 18.4 Å². The van der Waals surface area contributed by atoms with Gasteiger partial charge in [-0.1, -0.05) is 36.4 Å². The van der Waals surface area contributed by atoms with E-state index in [2.05, 4.69) is 20.6 Å². The summed E-state index contributed by atoms with van der Waals surface area (Å²) in [6.45, 7) is 0.410. The average Bonchev–Trinajstić information content (AvgIpc) is 2.83. The predicted molar refractivity (Wildman–Crippen MR) is 119 cm³/mol. The number of anilines is 1. The van der Waals surface area contributed by atoms with Crippen LogP contribution in [0.3, 0.4) is 0 Å². The lowest BCUT2D eigenvalue weighted by Crippen LogP contribution is -2.47. The third-order valence-electron chi connectivity index (χ3n) is 5.12. The van der Waals surface area contributed by atoms with Gasteiger partial charge in [0.05, 0.1) is 5.56 Å². The first-order chi connectivity index (χ1) is 16.2. The maximum Gasteiger partial charge on any atom is 0.417 e. The molecule has 1 unspecified atom stereocenters. The highest BCUT2D eigenvalue weighted by Gasteiger charge is 2.36. The number of nitrogens with zero attached hydrogens (tertiary/aromatic N) is 2. The molecule has 2 aromatic heterocycles. The maximum atomic E-state index is 13.2. The van der Waals surface area contributed by atoms with Gasteiger partial charge >= 0.3 is 6.18 Å². The Morgan fingerprint density at radius 1 is 1.06 bits per heavy atom. The van der Waals surface area contributed by atoms with E-state index in [4.69, 9.17) is 0 Å². The van der Waals surface area contributed by atoms with Gasteiger partial charge in [-0.15, -0.1) is 0 Å². The molecule has 1 aromatic carbocycles. The molecule has 1 saturated heterocycles. The van der Waals surface area contributed by atoms with Gasteiger partial charge in [0.2, 0.25) is 0 Å². The zero-order valence-electron chi connectivity index (χ0n) is 18.0. The van der Waals surface area contributed by atoms with E-state index in [9.17, 15) is 26.7 Å². The molecule has 3 aromatic rings. The predicted octanol–water partition coefficient (Wildman–Crippen LogP) is 5.46. The molecule has 0 radical (unpaired) electrons. The fourth-order valence-corrected chi connectivity index (χ4v) is 3.41. The fourth-order valence-electron chi connectivity index (χ4n) is 3.41. The molecular weight excluding hydrogens is 455 g/mol. The Labute approximate surface area is 193 Å². The summed E-state index contributed by atoms with van der Waals surface area (Å²) in [7, 11) is 0. The van der Waals surface area contributed by atoms with Crippen molar-refractivity contribution < 1.29 is 26.7 Å². The summed E-state index contributed by atoms with van der Waals surface area (Å²) in [5, 5.41) is 5.69. The second-order valence-corrected chi connectivity index (χ2v) is 7.69. The van der Waals surface area contributed by atoms with Crippen molar-refractivity contribution in [1.82, 2.24) is 15.3 Å². The van der Waals surface area contributed by atoms with Crippen LogP contribution in [-0.4, -0.2) is 41.3 Å². The average molecular weight is 478 g/mol. The number of aldehydes is 1. The number of hydrogen-bond acceptors (Lipinski definition) is 5. The van der Waals surface area contributed by atoms with Gasteiger partial charge in [-0.25, -0.2) is 13.8 Å². The standard InChI is InChI=1S/C12H14F5N3.C12H9NO/c13-11(14)3-4-18-9(5-11)7-20-10-2-1-8(6-19-10)12(15,16)17;14-9-12-11(7-4-8-13-12)10-5-2-1-3-6-10/h1-2,6,9,18H,3-5,7H2,(H,19,20);1-9H. The van der Waals surface area contributed by atoms with Crippen LogP contribution in [0.5, 0.6) is 0 Å². The second-order valence-electron chi connectivity index (χ2n) is 7.69. The zero-order valence-corrected chi connectivity index (χ0v) is 18.0. The first-order valence-corrected chi connectivity index (χ1v) is 10.5. The highest BCUT2D eigenvalue weighted by molar-refractivity contribution is 5.84. The Bertz CT molecular complexity index is 1060. The monoisotopic (exact) mass is 478 g/mol. The summed E-state index contributed by atoms with van der Waals surface area (Å²) < 4.78 is 63.3. The Balaban J connectivity index is 0.000000202. The van der Waals surface area contributed by atoms with E-state index in [0.29, 0.717) is 11.9 Å². The molecule has 1 aliphatic heterocycles. The van der Waals surface area contributed by atoms with Gasteiger partial charge in [0.1, 0.15) is 11.5 Å². The lowest BCUT2D eigenvalue weighted by molar-refractivity contribution is -0.137. The van der Waals surface area contributed by atoms with Gasteiger partial charge in [0.15, 0.2) is 6.29 Å². The molecule has 0 aliphatic carbocycles. The van der Waals surface area contributed by atoms with E-state index in [1.165, 1.54) is 6.07 Å². The molecule has 10 heteroatoms. The number of halogens is 5. The molecule has 3 heterocycles. The number of pyridine rings is 2. The molecule has 2 N–H and O–H groups in total. The number of hydrogen-bond donors (Lipinski definition) is 2. The van der Waals surface area contributed by atoms with Crippen LogP contribution in [0.1, 0.15) is 28.9 Å². The molecule has 4 rings (SSSR count). The van der Waals surface area contributed by atoms with Crippen molar-refractivity contribution in [3.63, 3.8) is 0 Å². The molecule has 0 spiro atoms. The second kappa shape index (κ2) is 11.1. The van der Waals surface area contributed by atoms with Crippen LogP contribution in [-0.2, 0) is 6.18 Å². The van der Waals surface area contributed by atoms with E-state index in [1.807, 2.05) is 42.5 Å². The highest BCUT2D eigenvalue weighted by Crippen LogP contribution is 2.29. The number of aromatic nitrogens is 2. The molecule has 0 saturated carbocycles. The Morgan fingerprint density at radius 3 is 2.44 bits per heavy atom. The molecule has 5 nitrogen and oxygen atoms in total. The minimum Gasteiger partial charge on any atom is -0.369 e. The van der Waals surface area contributed by atoms with Gasteiger partial charge < -0.3 is 10.6 Å². The molecule has 0 bridgehead atoms. The molecule has 1 fully saturated rings. The van der Waals surface area contributed by atoms with E-state index in [1.54, 1.807) is 6.20 Å². The summed E-state index contributed by atoms with van der Waals surface area (Å²) in [5.74, 6) is -2.46. The SMILES string of the molecule is FC1(F)CCNC(CNc2ccc(C(F)(F)F)cn2)C1.O=Cc1ncccc1-c1ccccc1. The summed E-state index contributed by atoms with van der Waals surface area (Å²) in [5.41, 5.74) is 1.54. The normalized spacial score (nSPS) is 17.3. The lowest BCUT2D eigenvalue weighted by Gasteiger charge is -2.30. The topological polar surface area (TPSA) is 66.9 Å². The number of nitrogens with one attached hydrogen (secondary N) is 2. The highest BCUT2D eigenvalue weighted by atomic mass is 19.4. The molecule has 1 aliphatic rings. The summed E-state index contributed by atoms with van der Waals surface area (Å²) in [6.07, 6.45) is -1.80. The quantitative estimate of drug-likeness (QED) is 0.377. The van der Waals surface area contributed by atoms with Crippen molar-refractivity contribution in [3.8, 4) is 11.1 Å². The van der Waals surface area contributed by atoms with Gasteiger partial charge in [-0.05, 0) is 23.8 Å². The third kappa shape index (κ3) is 7.31. The lowest BCUT2D eigenvalue weighted by atomic mass is 10.0. The Kier molecular flexibility index (Phi) is 8.27. The van der Waals surface area contributed by atoms with Gasteiger partial charge in [0, 0.05) is 49.9 Å². The molecule has 0 amide bonds. The van der Waals surface area contributed by atoms with Crippen LogP contribution in [0.15, 0.2) is 67.0 Å². The van der Waals surface area contributed by atoms with E-state index in [-0.39, 0.29) is 31.7 Å². The largest absolute Gasteiger partial charge is 0.417 e. The number of carbonyl (C=O) groups is 1. The molecule has 1 atom stereocenters. The van der Waals surface area contributed by atoms with E-state index in [0.717, 1.165) is 23.5 Å². The van der Waals surface area contributed by atoms with Crippen molar-refractivity contribution in [2.24, 2.45) is 0 Å². The number of alkyl halides is 5. The van der Waals surface area contributed by atoms with Crippen LogP contribution in [0.2, 0.25) is 0 Å². The summed E-state index contributed by atoms with van der Waals surface area (Å²) in [6, 6.07) is 15.1. The zero-order chi connectivity index (χ0) is 24.6. The van der Waals surface area contributed by atoms with Gasteiger partial charge in [-0.2, -0.15) is 13.2 Å². The maximum absolute atomic E-state index is 13.2. The van der Waals surface area contributed by atoms with Crippen molar-refractivity contribution in [3.05, 3.63) is 78.2 Å². The molecular formula is C24H23F5N4O. The van der Waals surface area contributed by atoms with Crippen molar-refractivity contribution in [1.29, 1.82) is 0 Å². The van der Waals surface area contributed by atoms with Crippen LogP contribution < -0.4 is 10.6 Å². The van der Waals surface area contributed by atoms with E-state index >= 15 is 0 Å². The first kappa shape index (κ1) is 25.2. The number of rotatable bonds is 5. The molecule has 180 valence electrons. The van der Waals surface area contributed by atoms with Crippen molar-refractivity contribution in [2.45, 2.75) is 31.0 Å². The van der Waals surface area contributed by atoms with Crippen LogP contribution >= 0.6 is 0 Å². The number of carbonyl (C=O) groups excluding carboxylic acids is 1. The Morgan fingerprint density at radius 2 is 1.82 bits per heavy atom. The van der Waals surface area contributed by atoms with Crippen LogP contribution in [0.25, 0.3) is 11.1 Å². The fraction of sp³-hybridized carbons (Fsp3) is 0.292. The first-order valence-electron chi connectivity index (χ1n) is 10.5. The third-order valence-corrected chi connectivity index (χ3v) is 5.12. The minimum atomic E-state index is -4.43. The summed E-state index contributed by atoms with van der Waals surface area (Å²) >= 11 is 0. The van der Waals surface area contributed by atoms with Crippen molar-refractivity contribution >= 4 is 12.1 Å². The van der Waals surface area contributed by atoms with Gasteiger partial charge in [-0.3, -0.25) is 9.78 Å². The van der Waals surface area contributed by atoms with E-state index < -0.39 is 23.7 Å². The summed E-state index contributed by atoms with van der Waals surface area (Å²) in [4.78, 5) is 18.4. The molecule has 34 heavy (non-hydrogen) atoms. The van der Waals surface area contributed by atoms with Gasteiger partial charge in [0.25, 0.3) is 5.92 Å². The smallest absolute Gasteiger partial charge is 0.369 e. The number of benzene rings is 1. The minimum absolute atomic E-state index is 0.188.